The summed E-state index contributed by atoms with van der Waals surface area (Å²) in [5, 5.41) is 6.18. The van der Waals surface area contributed by atoms with Crippen LogP contribution in [0.3, 0.4) is 0 Å². The quantitative estimate of drug-likeness (QED) is 0.664. The number of hydrogen-bond donors (Lipinski definition) is 2. The summed E-state index contributed by atoms with van der Waals surface area (Å²) in [4.78, 5) is 16.5. The van der Waals surface area contributed by atoms with Gasteiger partial charge in [0.1, 0.15) is 5.82 Å². The number of rotatable bonds is 7. The number of carbonyl (C=O) groups is 1. The summed E-state index contributed by atoms with van der Waals surface area (Å²) in [6, 6.07) is 16.2. The summed E-state index contributed by atoms with van der Waals surface area (Å²) >= 11 is 0. The molecule has 0 bridgehead atoms. The summed E-state index contributed by atoms with van der Waals surface area (Å²) in [7, 11) is 0. The minimum Gasteiger partial charge on any atom is -0.380 e. The van der Waals surface area contributed by atoms with Gasteiger partial charge in [-0.15, -0.1) is 0 Å². The van der Waals surface area contributed by atoms with Crippen molar-refractivity contribution in [2.75, 3.05) is 11.9 Å². The molecule has 138 valence electrons. The van der Waals surface area contributed by atoms with Crippen molar-refractivity contribution in [2.45, 2.75) is 19.9 Å². The maximum Gasteiger partial charge on any atom is 0.252 e. The minimum atomic E-state index is -0.260. The van der Waals surface area contributed by atoms with Gasteiger partial charge in [-0.2, -0.15) is 0 Å². The average Bonchev–Trinajstić information content (AvgIpc) is 2.69. The van der Waals surface area contributed by atoms with Gasteiger partial charge < -0.3 is 10.6 Å². The van der Waals surface area contributed by atoms with Crippen molar-refractivity contribution in [3.63, 3.8) is 0 Å². The second kappa shape index (κ2) is 8.94. The summed E-state index contributed by atoms with van der Waals surface area (Å²) in [5.74, 6) is -0.437. The van der Waals surface area contributed by atoms with Crippen molar-refractivity contribution < 1.29 is 9.18 Å². The van der Waals surface area contributed by atoms with Crippen LogP contribution in [-0.4, -0.2) is 17.4 Å². The highest BCUT2D eigenvalue weighted by molar-refractivity contribution is 5.94. The van der Waals surface area contributed by atoms with Crippen molar-refractivity contribution >= 4 is 11.6 Å². The largest absolute Gasteiger partial charge is 0.380 e. The van der Waals surface area contributed by atoms with Crippen LogP contribution in [0.2, 0.25) is 0 Å². The molecular formula is C22H22FN3O. The number of nitrogens with one attached hydrogen (secondary N) is 2. The van der Waals surface area contributed by atoms with E-state index in [0.717, 1.165) is 11.3 Å². The Bertz CT molecular complexity index is 909. The molecule has 0 fully saturated rings. The molecule has 2 aromatic carbocycles. The lowest BCUT2D eigenvalue weighted by Crippen LogP contribution is -2.25. The molecule has 0 radical (unpaired) electrons. The van der Waals surface area contributed by atoms with Crippen molar-refractivity contribution in [3.8, 4) is 0 Å². The summed E-state index contributed by atoms with van der Waals surface area (Å²) in [5.41, 5.74) is 4.69. The summed E-state index contributed by atoms with van der Waals surface area (Å²) < 4.78 is 12.9. The second-order valence-electron chi connectivity index (χ2n) is 6.37. The monoisotopic (exact) mass is 363 g/mol. The molecule has 0 saturated heterocycles. The predicted octanol–water partition coefficient (Wildman–Crippen LogP) is 4.11. The Morgan fingerprint density at radius 1 is 1.07 bits per heavy atom. The first-order valence-corrected chi connectivity index (χ1v) is 8.88. The van der Waals surface area contributed by atoms with E-state index < -0.39 is 0 Å². The Morgan fingerprint density at radius 2 is 1.85 bits per heavy atom. The molecule has 0 aliphatic heterocycles. The minimum absolute atomic E-state index is 0.177. The van der Waals surface area contributed by atoms with Gasteiger partial charge in [0.25, 0.3) is 5.91 Å². The van der Waals surface area contributed by atoms with E-state index in [9.17, 15) is 9.18 Å². The van der Waals surface area contributed by atoms with Crippen LogP contribution in [0.4, 0.5) is 10.1 Å². The molecule has 0 unspecified atom stereocenters. The maximum absolute atomic E-state index is 12.9. The number of anilines is 1. The molecule has 3 aromatic rings. The van der Waals surface area contributed by atoms with E-state index in [1.54, 1.807) is 30.6 Å². The SMILES string of the molecule is Cc1ccccc1CNc1cncc(C(=O)NCCc2ccc(F)cc2)c1. The highest BCUT2D eigenvalue weighted by Gasteiger charge is 2.07. The Labute approximate surface area is 158 Å². The summed E-state index contributed by atoms with van der Waals surface area (Å²) in [6.45, 7) is 3.22. The van der Waals surface area contributed by atoms with Crippen LogP contribution in [0, 0.1) is 12.7 Å². The van der Waals surface area contributed by atoms with Gasteiger partial charge in [0.05, 0.1) is 11.3 Å². The number of amides is 1. The van der Waals surface area contributed by atoms with E-state index in [2.05, 4.69) is 34.7 Å². The Balaban J connectivity index is 1.53. The highest BCUT2D eigenvalue weighted by Crippen LogP contribution is 2.13. The van der Waals surface area contributed by atoms with Gasteiger partial charge in [-0.25, -0.2) is 4.39 Å². The number of carbonyl (C=O) groups excluding carboxylic acids is 1. The molecule has 0 spiro atoms. The Morgan fingerprint density at radius 3 is 2.63 bits per heavy atom. The number of halogens is 1. The van der Waals surface area contributed by atoms with Crippen molar-refractivity contribution in [1.29, 1.82) is 0 Å². The van der Waals surface area contributed by atoms with Gasteiger partial charge in [-0.05, 0) is 48.2 Å². The van der Waals surface area contributed by atoms with Crippen molar-refractivity contribution in [2.24, 2.45) is 0 Å². The molecule has 0 aliphatic rings. The first kappa shape index (κ1) is 18.6. The standard InChI is InChI=1S/C22H22FN3O/c1-16-4-2-3-5-18(16)14-26-21-12-19(13-24-15-21)22(27)25-11-10-17-6-8-20(23)9-7-17/h2-9,12-13,15,26H,10-11,14H2,1H3,(H,25,27). The smallest absolute Gasteiger partial charge is 0.252 e. The zero-order valence-electron chi connectivity index (χ0n) is 15.2. The van der Waals surface area contributed by atoms with Gasteiger partial charge in [-0.3, -0.25) is 9.78 Å². The Hall–Kier alpha value is -3.21. The molecule has 1 amide bonds. The molecule has 1 aromatic heterocycles. The molecule has 4 nitrogen and oxygen atoms in total. The first-order chi connectivity index (χ1) is 13.1. The highest BCUT2D eigenvalue weighted by atomic mass is 19.1. The van der Waals surface area contributed by atoms with E-state index in [-0.39, 0.29) is 11.7 Å². The van der Waals surface area contributed by atoms with Crippen molar-refractivity contribution in [3.05, 3.63) is 95.1 Å². The fourth-order valence-electron chi connectivity index (χ4n) is 2.74. The van der Waals surface area contributed by atoms with Gasteiger partial charge in [0.2, 0.25) is 0 Å². The lowest BCUT2D eigenvalue weighted by molar-refractivity contribution is 0.0954. The van der Waals surface area contributed by atoms with Crippen molar-refractivity contribution in [1.82, 2.24) is 10.3 Å². The van der Waals surface area contributed by atoms with Gasteiger partial charge in [0.15, 0.2) is 0 Å². The van der Waals surface area contributed by atoms with Crippen LogP contribution in [0.25, 0.3) is 0 Å². The third-order valence-electron chi connectivity index (χ3n) is 4.36. The molecule has 0 saturated carbocycles. The van der Waals surface area contributed by atoms with Gasteiger partial charge in [0, 0.05) is 25.5 Å². The molecule has 3 rings (SSSR count). The fraction of sp³-hybridized carbons (Fsp3) is 0.182. The van der Waals surface area contributed by atoms with E-state index >= 15 is 0 Å². The number of aryl methyl sites for hydroxylation is 1. The Kier molecular flexibility index (Phi) is 6.15. The van der Waals surface area contributed by atoms with Crippen LogP contribution in [0.5, 0.6) is 0 Å². The van der Waals surface area contributed by atoms with Gasteiger partial charge >= 0.3 is 0 Å². The van der Waals surface area contributed by atoms with E-state index in [4.69, 9.17) is 0 Å². The normalized spacial score (nSPS) is 10.4. The van der Waals surface area contributed by atoms with E-state index in [1.165, 1.54) is 23.3 Å². The van der Waals surface area contributed by atoms with Gasteiger partial charge in [-0.1, -0.05) is 36.4 Å². The molecular weight excluding hydrogens is 341 g/mol. The number of aromatic nitrogens is 1. The zero-order valence-corrected chi connectivity index (χ0v) is 15.2. The van der Waals surface area contributed by atoms with Crippen LogP contribution >= 0.6 is 0 Å². The number of pyridine rings is 1. The number of benzene rings is 2. The van der Waals surface area contributed by atoms with Crippen LogP contribution < -0.4 is 10.6 Å². The lowest BCUT2D eigenvalue weighted by Gasteiger charge is -2.10. The van der Waals surface area contributed by atoms with Crippen LogP contribution in [0.1, 0.15) is 27.0 Å². The summed E-state index contributed by atoms with van der Waals surface area (Å²) in [6.07, 6.45) is 3.89. The van der Waals surface area contributed by atoms with E-state index in [1.807, 2.05) is 12.1 Å². The molecule has 2 N–H and O–H groups in total. The predicted molar refractivity (Wildman–Crippen MR) is 105 cm³/mol. The molecule has 0 aliphatic carbocycles. The molecule has 0 atom stereocenters. The average molecular weight is 363 g/mol. The fourth-order valence-corrected chi connectivity index (χ4v) is 2.74. The third-order valence-corrected chi connectivity index (χ3v) is 4.36. The zero-order chi connectivity index (χ0) is 19.1. The molecule has 27 heavy (non-hydrogen) atoms. The van der Waals surface area contributed by atoms with E-state index in [0.29, 0.717) is 25.1 Å². The van der Waals surface area contributed by atoms with Crippen LogP contribution in [0.15, 0.2) is 67.0 Å². The molecule has 1 heterocycles. The molecule has 5 heteroatoms. The second-order valence-corrected chi connectivity index (χ2v) is 6.37. The topological polar surface area (TPSA) is 54.0 Å². The first-order valence-electron chi connectivity index (χ1n) is 8.88. The third kappa shape index (κ3) is 5.38. The number of hydrogen-bond acceptors (Lipinski definition) is 3. The number of nitrogens with zero attached hydrogens (tertiary/aromatic N) is 1. The lowest BCUT2D eigenvalue weighted by atomic mass is 10.1. The van der Waals surface area contributed by atoms with Crippen LogP contribution in [-0.2, 0) is 13.0 Å². The maximum atomic E-state index is 12.9.